The summed E-state index contributed by atoms with van der Waals surface area (Å²) in [6.07, 6.45) is 4.97. The first-order valence-corrected chi connectivity index (χ1v) is 10.8. The third-order valence-electron chi connectivity index (χ3n) is 5.08. The van der Waals surface area contributed by atoms with Gasteiger partial charge < -0.3 is 9.47 Å². The van der Waals surface area contributed by atoms with Crippen molar-refractivity contribution in [3.63, 3.8) is 0 Å². The van der Waals surface area contributed by atoms with Crippen molar-refractivity contribution in [2.45, 2.75) is 37.0 Å². The molecular formula is C21H25NO5S. The van der Waals surface area contributed by atoms with E-state index in [2.05, 4.69) is 0 Å². The van der Waals surface area contributed by atoms with Gasteiger partial charge in [-0.3, -0.25) is 9.10 Å². The summed E-state index contributed by atoms with van der Waals surface area (Å²) < 4.78 is 37.2. The van der Waals surface area contributed by atoms with Crippen LogP contribution in [0.1, 0.15) is 32.1 Å². The minimum atomic E-state index is -3.70. The molecule has 0 atom stereocenters. The molecule has 1 fully saturated rings. The summed E-state index contributed by atoms with van der Waals surface area (Å²) in [5.74, 6) is 1.19. The zero-order chi connectivity index (χ0) is 20.1. The quantitative estimate of drug-likeness (QED) is 0.516. The van der Waals surface area contributed by atoms with Gasteiger partial charge in [-0.25, -0.2) is 8.42 Å². The molecule has 0 radical (unpaired) electrons. The van der Waals surface area contributed by atoms with Crippen LogP contribution in [0.3, 0.4) is 0 Å². The normalized spacial score (nSPS) is 14.6. The van der Waals surface area contributed by atoms with Gasteiger partial charge in [0.1, 0.15) is 11.5 Å². The lowest BCUT2D eigenvalue weighted by Gasteiger charge is -2.20. The summed E-state index contributed by atoms with van der Waals surface area (Å²) in [5.41, 5.74) is 0.478. The third kappa shape index (κ3) is 4.65. The Hall–Kier alpha value is -2.54. The molecule has 0 aliphatic heterocycles. The average Bonchev–Trinajstić information content (AvgIpc) is 3.21. The van der Waals surface area contributed by atoms with Gasteiger partial charge in [-0.15, -0.1) is 0 Å². The first kappa shape index (κ1) is 20.2. The van der Waals surface area contributed by atoms with E-state index in [0.717, 1.165) is 12.8 Å². The Morgan fingerprint density at radius 3 is 2.14 bits per heavy atom. The molecule has 0 saturated heterocycles. The van der Waals surface area contributed by atoms with E-state index in [1.54, 1.807) is 36.4 Å². The molecule has 1 aliphatic rings. The lowest BCUT2D eigenvalue weighted by molar-refractivity contribution is -0.135. The lowest BCUT2D eigenvalue weighted by Crippen LogP contribution is -2.26. The van der Waals surface area contributed by atoms with Gasteiger partial charge in [0.05, 0.1) is 17.7 Å². The van der Waals surface area contributed by atoms with E-state index >= 15 is 0 Å². The maximum atomic E-state index is 12.8. The molecule has 3 rings (SSSR count). The smallest absolute Gasteiger partial charge is 0.311 e. The van der Waals surface area contributed by atoms with Crippen molar-refractivity contribution in [1.29, 1.82) is 0 Å². The van der Waals surface area contributed by atoms with Gasteiger partial charge in [-0.05, 0) is 67.3 Å². The standard InChI is InChI=1S/C21H25NO5S/c1-22(28(24,25)20-13-11-18(26-2)12-14-20)17-7-9-19(10-8-17)27-21(23)15-16-5-3-4-6-16/h7-14,16H,3-6,15H2,1-2H3. The van der Waals surface area contributed by atoms with Crippen LogP contribution in [0.4, 0.5) is 5.69 Å². The topological polar surface area (TPSA) is 72.9 Å². The van der Waals surface area contributed by atoms with Crippen LogP contribution in [0.25, 0.3) is 0 Å². The Labute approximate surface area is 166 Å². The summed E-state index contributed by atoms with van der Waals surface area (Å²) in [6, 6.07) is 12.7. The molecule has 1 aliphatic carbocycles. The van der Waals surface area contributed by atoms with Gasteiger partial charge in [0.2, 0.25) is 0 Å². The van der Waals surface area contributed by atoms with Gasteiger partial charge in [-0.2, -0.15) is 0 Å². The molecule has 28 heavy (non-hydrogen) atoms. The van der Waals surface area contributed by atoms with Crippen molar-refractivity contribution in [2.75, 3.05) is 18.5 Å². The second kappa shape index (κ2) is 8.65. The fraction of sp³-hybridized carbons (Fsp3) is 0.381. The Kier molecular flexibility index (Phi) is 6.24. The number of rotatable bonds is 7. The number of hydrogen-bond donors (Lipinski definition) is 0. The molecular weight excluding hydrogens is 378 g/mol. The van der Waals surface area contributed by atoms with Crippen LogP contribution in [-0.4, -0.2) is 28.5 Å². The maximum absolute atomic E-state index is 12.8. The van der Waals surface area contributed by atoms with E-state index in [0.29, 0.717) is 29.5 Å². The number of ether oxygens (including phenoxy) is 2. The van der Waals surface area contributed by atoms with E-state index < -0.39 is 10.0 Å². The van der Waals surface area contributed by atoms with Crippen molar-refractivity contribution in [2.24, 2.45) is 5.92 Å². The number of carbonyl (C=O) groups excluding carboxylic acids is 1. The van der Waals surface area contributed by atoms with Crippen LogP contribution in [-0.2, 0) is 14.8 Å². The number of hydrogen-bond acceptors (Lipinski definition) is 5. The van der Waals surface area contributed by atoms with Crippen LogP contribution in [0.15, 0.2) is 53.4 Å². The van der Waals surface area contributed by atoms with Crippen LogP contribution < -0.4 is 13.8 Å². The molecule has 150 valence electrons. The number of nitrogens with zero attached hydrogens (tertiary/aromatic N) is 1. The van der Waals surface area contributed by atoms with Crippen LogP contribution in [0.2, 0.25) is 0 Å². The van der Waals surface area contributed by atoms with Crippen molar-refractivity contribution in [3.8, 4) is 11.5 Å². The molecule has 6 nitrogen and oxygen atoms in total. The van der Waals surface area contributed by atoms with E-state index in [1.165, 1.54) is 43.4 Å². The molecule has 1 saturated carbocycles. The van der Waals surface area contributed by atoms with Crippen molar-refractivity contribution >= 4 is 21.7 Å². The van der Waals surface area contributed by atoms with Crippen LogP contribution in [0, 0.1) is 5.92 Å². The summed E-state index contributed by atoms with van der Waals surface area (Å²) in [4.78, 5) is 12.2. The first-order chi connectivity index (χ1) is 13.4. The monoisotopic (exact) mass is 403 g/mol. The van der Waals surface area contributed by atoms with Crippen molar-refractivity contribution < 1.29 is 22.7 Å². The second-order valence-electron chi connectivity index (χ2n) is 6.97. The Morgan fingerprint density at radius 2 is 1.57 bits per heavy atom. The fourth-order valence-corrected chi connectivity index (χ4v) is 4.59. The SMILES string of the molecule is COc1ccc(S(=O)(=O)N(C)c2ccc(OC(=O)CC3CCCC3)cc2)cc1. The van der Waals surface area contributed by atoms with Crippen molar-refractivity contribution in [1.82, 2.24) is 0 Å². The number of sulfonamides is 1. The number of methoxy groups -OCH3 is 1. The summed E-state index contributed by atoms with van der Waals surface area (Å²) >= 11 is 0. The predicted octanol–water partition coefficient (Wildman–Crippen LogP) is 4.01. The van der Waals surface area contributed by atoms with Gasteiger partial charge in [0, 0.05) is 13.5 Å². The first-order valence-electron chi connectivity index (χ1n) is 9.34. The molecule has 0 bridgehead atoms. The molecule has 0 heterocycles. The van der Waals surface area contributed by atoms with E-state index in [-0.39, 0.29) is 10.9 Å². The Morgan fingerprint density at radius 1 is 1.00 bits per heavy atom. The predicted molar refractivity (Wildman–Crippen MR) is 107 cm³/mol. The third-order valence-corrected chi connectivity index (χ3v) is 6.88. The molecule has 0 spiro atoms. The zero-order valence-corrected chi connectivity index (χ0v) is 16.9. The summed E-state index contributed by atoms with van der Waals surface area (Å²) in [7, 11) is -0.686. The highest BCUT2D eigenvalue weighted by Crippen LogP contribution is 2.29. The van der Waals surface area contributed by atoms with E-state index in [1.807, 2.05) is 0 Å². The molecule has 0 amide bonds. The fourth-order valence-electron chi connectivity index (χ4n) is 3.39. The average molecular weight is 404 g/mol. The largest absolute Gasteiger partial charge is 0.497 e. The van der Waals surface area contributed by atoms with Gasteiger partial charge in [0.25, 0.3) is 10.0 Å². The maximum Gasteiger partial charge on any atom is 0.311 e. The van der Waals surface area contributed by atoms with Crippen molar-refractivity contribution in [3.05, 3.63) is 48.5 Å². The minimum absolute atomic E-state index is 0.169. The van der Waals surface area contributed by atoms with Gasteiger partial charge in [-0.1, -0.05) is 12.8 Å². The lowest BCUT2D eigenvalue weighted by atomic mass is 10.0. The minimum Gasteiger partial charge on any atom is -0.497 e. The van der Waals surface area contributed by atoms with Gasteiger partial charge in [0.15, 0.2) is 0 Å². The number of benzene rings is 2. The highest BCUT2D eigenvalue weighted by atomic mass is 32.2. The summed E-state index contributed by atoms with van der Waals surface area (Å²) in [6.45, 7) is 0. The molecule has 2 aromatic carbocycles. The highest BCUT2D eigenvalue weighted by Gasteiger charge is 2.22. The highest BCUT2D eigenvalue weighted by molar-refractivity contribution is 7.92. The molecule has 7 heteroatoms. The Bertz CT molecular complexity index is 901. The van der Waals surface area contributed by atoms with Crippen LogP contribution in [0.5, 0.6) is 11.5 Å². The van der Waals surface area contributed by atoms with E-state index in [9.17, 15) is 13.2 Å². The van der Waals surface area contributed by atoms with Gasteiger partial charge >= 0.3 is 5.97 Å². The number of esters is 1. The Balaban J connectivity index is 1.66. The summed E-state index contributed by atoms with van der Waals surface area (Å²) in [5, 5.41) is 0. The number of carbonyl (C=O) groups is 1. The second-order valence-corrected chi connectivity index (χ2v) is 8.94. The van der Waals surface area contributed by atoms with Crippen LogP contribution >= 0.6 is 0 Å². The number of anilines is 1. The van der Waals surface area contributed by atoms with E-state index in [4.69, 9.17) is 9.47 Å². The molecule has 0 N–H and O–H groups in total. The molecule has 0 aromatic heterocycles. The molecule has 2 aromatic rings. The zero-order valence-electron chi connectivity index (χ0n) is 16.1. The molecule has 0 unspecified atom stereocenters.